The summed E-state index contributed by atoms with van der Waals surface area (Å²) in [6.45, 7) is 0.362. The van der Waals surface area contributed by atoms with Gasteiger partial charge in [-0.25, -0.2) is 9.55 Å². The van der Waals surface area contributed by atoms with Crippen LogP contribution in [-0.2, 0) is 36.7 Å². The first-order chi connectivity index (χ1) is 19.4. The normalized spacial score (nSPS) is 17.1. The summed E-state index contributed by atoms with van der Waals surface area (Å²) in [5, 5.41) is 0. The van der Waals surface area contributed by atoms with Crippen molar-refractivity contribution in [1.29, 1.82) is 0 Å². The van der Waals surface area contributed by atoms with Crippen LogP contribution in [0.5, 0.6) is 5.75 Å². The molecule has 1 fully saturated rings. The Balaban J connectivity index is 1.23. The summed E-state index contributed by atoms with van der Waals surface area (Å²) in [5.41, 5.74) is 6.44. The fourth-order valence-electron chi connectivity index (χ4n) is 4.32. The van der Waals surface area contributed by atoms with E-state index in [9.17, 15) is 14.2 Å². The fraction of sp³-hybridized carbons (Fsp3) is 0.308. The molecule has 4 aromatic rings. The summed E-state index contributed by atoms with van der Waals surface area (Å²) in [6, 6.07) is 17.2. The van der Waals surface area contributed by atoms with Gasteiger partial charge in [0.05, 0.1) is 19.5 Å². The van der Waals surface area contributed by atoms with E-state index < -0.39 is 25.3 Å². The molecule has 3 heterocycles. The van der Waals surface area contributed by atoms with Crippen molar-refractivity contribution in [2.24, 2.45) is 0 Å². The second-order valence-electron chi connectivity index (χ2n) is 9.00. The van der Waals surface area contributed by atoms with Crippen molar-refractivity contribution >= 4 is 30.8 Å². The number of carbonyl (C=O) groups excluding carboxylic acids is 1. The minimum Gasteiger partial charge on any atom is -0.460 e. The number of carbonyl (C=O) groups is 1. The molecule has 2 aromatic heterocycles. The Morgan fingerprint density at radius 1 is 1.10 bits per heavy atom. The van der Waals surface area contributed by atoms with Gasteiger partial charge in [0, 0.05) is 6.54 Å². The van der Waals surface area contributed by atoms with Gasteiger partial charge in [0.15, 0.2) is 11.2 Å². The van der Waals surface area contributed by atoms with Gasteiger partial charge in [-0.15, -0.1) is 0 Å². The lowest BCUT2D eigenvalue weighted by Crippen LogP contribution is -2.37. The standard InChI is InChI=1S/C26H29N6O7P/c27-26-29-23-22(24(33)30-26)28-17-31(23)18-36-14-15-38-40(35,39-20-10-5-2-6-11-20)32-13-7-12-21(32)25(34)37-16-19-8-3-1-4-9-19/h1-6,8-11,17,21H,7,12-16,18H2,(H3,27,29,30,33)/t21-,40?/m0/s1. The number of hydrogen-bond acceptors (Lipinski definition) is 10. The Labute approximate surface area is 229 Å². The highest BCUT2D eigenvalue weighted by atomic mass is 31.2. The van der Waals surface area contributed by atoms with Crippen LogP contribution in [0.25, 0.3) is 11.2 Å². The zero-order valence-electron chi connectivity index (χ0n) is 21.5. The number of anilines is 1. The fourth-order valence-corrected chi connectivity index (χ4v) is 6.25. The lowest BCUT2D eigenvalue weighted by Gasteiger charge is -2.30. The first kappa shape index (κ1) is 27.5. The number of nitrogens with one attached hydrogen (secondary N) is 1. The van der Waals surface area contributed by atoms with Crippen LogP contribution >= 0.6 is 7.75 Å². The van der Waals surface area contributed by atoms with Crippen LogP contribution in [0.4, 0.5) is 5.95 Å². The van der Waals surface area contributed by atoms with E-state index >= 15 is 0 Å². The molecule has 0 amide bonds. The van der Waals surface area contributed by atoms with Crippen molar-refractivity contribution in [1.82, 2.24) is 24.2 Å². The number of H-pyrrole nitrogens is 1. The molecule has 0 spiro atoms. The Bertz CT molecular complexity index is 1550. The summed E-state index contributed by atoms with van der Waals surface area (Å²) in [4.78, 5) is 35.5. The molecular formula is C26H29N6O7P. The zero-order chi connectivity index (χ0) is 28.0. The number of para-hydroxylation sites is 1. The van der Waals surface area contributed by atoms with Crippen LogP contribution in [0.3, 0.4) is 0 Å². The molecule has 14 heteroatoms. The molecule has 5 rings (SSSR count). The molecule has 3 N–H and O–H groups in total. The molecule has 1 aliphatic heterocycles. The Morgan fingerprint density at radius 3 is 2.62 bits per heavy atom. The second-order valence-corrected chi connectivity index (χ2v) is 10.9. The molecule has 13 nitrogen and oxygen atoms in total. The van der Waals surface area contributed by atoms with E-state index in [1.165, 1.54) is 15.6 Å². The van der Waals surface area contributed by atoms with E-state index in [2.05, 4.69) is 15.0 Å². The molecule has 0 bridgehead atoms. The second kappa shape index (κ2) is 12.4. The van der Waals surface area contributed by atoms with E-state index in [1.54, 1.807) is 24.3 Å². The van der Waals surface area contributed by atoms with Crippen molar-refractivity contribution in [3.63, 3.8) is 0 Å². The van der Waals surface area contributed by atoms with Gasteiger partial charge in [-0.05, 0) is 30.5 Å². The van der Waals surface area contributed by atoms with Crippen molar-refractivity contribution in [2.45, 2.75) is 32.2 Å². The Kier molecular flexibility index (Phi) is 8.56. The predicted molar refractivity (Wildman–Crippen MR) is 145 cm³/mol. The van der Waals surface area contributed by atoms with Gasteiger partial charge >= 0.3 is 13.7 Å². The number of nitrogens with zero attached hydrogens (tertiary/aromatic N) is 4. The lowest BCUT2D eigenvalue weighted by atomic mass is 10.2. The number of nitrogen functional groups attached to an aromatic ring is 1. The van der Waals surface area contributed by atoms with Crippen LogP contribution in [-0.4, -0.2) is 56.0 Å². The molecule has 0 radical (unpaired) electrons. The molecule has 2 atom stereocenters. The highest BCUT2D eigenvalue weighted by molar-refractivity contribution is 7.51. The van der Waals surface area contributed by atoms with E-state index in [-0.39, 0.29) is 43.7 Å². The Hall–Kier alpha value is -4.03. The molecule has 0 aliphatic carbocycles. The summed E-state index contributed by atoms with van der Waals surface area (Å²) in [6.07, 6.45) is 2.49. The molecule has 1 saturated heterocycles. The molecule has 40 heavy (non-hydrogen) atoms. The minimum atomic E-state index is -3.99. The highest BCUT2D eigenvalue weighted by Crippen LogP contribution is 2.55. The van der Waals surface area contributed by atoms with Gasteiger partial charge in [-0.3, -0.25) is 23.7 Å². The third kappa shape index (κ3) is 6.40. The van der Waals surface area contributed by atoms with Gasteiger partial charge in [0.2, 0.25) is 5.95 Å². The van der Waals surface area contributed by atoms with Crippen LogP contribution in [0.15, 0.2) is 71.8 Å². The molecule has 0 saturated carbocycles. The van der Waals surface area contributed by atoms with Crippen LogP contribution in [0, 0.1) is 0 Å². The number of fused-ring (bicyclic) bond motifs is 1. The minimum absolute atomic E-state index is 0.00223. The molecule has 1 aliphatic rings. The molecule has 2 aromatic carbocycles. The topological polar surface area (TPSA) is 164 Å². The lowest BCUT2D eigenvalue weighted by molar-refractivity contribution is -0.149. The smallest absolute Gasteiger partial charge is 0.460 e. The average molecular weight is 569 g/mol. The highest BCUT2D eigenvalue weighted by Gasteiger charge is 2.46. The number of aromatic amines is 1. The van der Waals surface area contributed by atoms with Gasteiger partial charge in [-0.1, -0.05) is 48.5 Å². The molecular weight excluding hydrogens is 539 g/mol. The van der Waals surface area contributed by atoms with Crippen molar-refractivity contribution in [3.8, 4) is 5.75 Å². The summed E-state index contributed by atoms with van der Waals surface area (Å²) in [7, 11) is -3.99. The third-order valence-electron chi connectivity index (χ3n) is 6.20. The SMILES string of the molecule is Nc1nc2c(ncn2COCCOP(=O)(Oc2ccccc2)N2CCC[C@H]2C(=O)OCc2ccccc2)c(=O)[nH]1. The number of aromatic nitrogens is 4. The first-order valence-electron chi connectivity index (χ1n) is 12.7. The largest absolute Gasteiger partial charge is 0.462 e. The number of ether oxygens (including phenoxy) is 2. The van der Waals surface area contributed by atoms with E-state index in [1.807, 2.05) is 36.4 Å². The Morgan fingerprint density at radius 2 is 1.85 bits per heavy atom. The maximum Gasteiger partial charge on any atom is 0.462 e. The van der Waals surface area contributed by atoms with Crippen molar-refractivity contribution in [2.75, 3.05) is 25.5 Å². The van der Waals surface area contributed by atoms with Crippen LogP contribution in [0.1, 0.15) is 18.4 Å². The summed E-state index contributed by atoms with van der Waals surface area (Å²) < 4.78 is 40.0. The number of benzene rings is 2. The molecule has 210 valence electrons. The number of rotatable bonds is 12. The predicted octanol–water partition coefficient (Wildman–Crippen LogP) is 3.09. The van der Waals surface area contributed by atoms with Gasteiger partial charge in [0.25, 0.3) is 5.56 Å². The maximum absolute atomic E-state index is 14.2. The molecule has 1 unspecified atom stereocenters. The first-order valence-corrected chi connectivity index (χ1v) is 14.2. The zero-order valence-corrected chi connectivity index (χ0v) is 22.4. The number of nitrogens with two attached hydrogens (primary N) is 1. The third-order valence-corrected chi connectivity index (χ3v) is 8.26. The average Bonchev–Trinajstić information content (AvgIpc) is 3.61. The van der Waals surface area contributed by atoms with Crippen molar-refractivity contribution in [3.05, 3.63) is 82.9 Å². The number of imidazole rings is 1. The van der Waals surface area contributed by atoms with Crippen LogP contribution < -0.4 is 15.8 Å². The monoisotopic (exact) mass is 568 g/mol. The summed E-state index contributed by atoms with van der Waals surface area (Å²) in [5.74, 6) is -0.190. The van der Waals surface area contributed by atoms with E-state index in [4.69, 9.17) is 24.3 Å². The van der Waals surface area contributed by atoms with Crippen LogP contribution in [0.2, 0.25) is 0 Å². The number of esters is 1. The van der Waals surface area contributed by atoms with E-state index in [0.717, 1.165) is 5.56 Å². The van der Waals surface area contributed by atoms with Crippen molar-refractivity contribution < 1.29 is 27.9 Å². The van der Waals surface area contributed by atoms with E-state index in [0.29, 0.717) is 25.1 Å². The quantitative estimate of drug-likeness (QED) is 0.147. The van der Waals surface area contributed by atoms with Gasteiger partial charge < -0.3 is 19.7 Å². The summed E-state index contributed by atoms with van der Waals surface area (Å²) >= 11 is 0. The van der Waals surface area contributed by atoms with Gasteiger partial charge in [0.1, 0.15) is 25.1 Å². The van der Waals surface area contributed by atoms with Gasteiger partial charge in [-0.2, -0.15) is 9.65 Å². The number of hydrogen-bond donors (Lipinski definition) is 2. The maximum atomic E-state index is 14.2.